The van der Waals surface area contributed by atoms with E-state index in [2.05, 4.69) is 22.4 Å². The van der Waals surface area contributed by atoms with Crippen molar-refractivity contribution in [1.82, 2.24) is 10.3 Å². The molecule has 2 heterocycles. The summed E-state index contributed by atoms with van der Waals surface area (Å²) >= 11 is 1.34. The molecule has 1 N–H and O–H groups in total. The number of nitrogens with zero attached hydrogens (tertiary/aromatic N) is 2. The van der Waals surface area contributed by atoms with E-state index in [0.29, 0.717) is 32.6 Å². The number of fused-ring (bicyclic) bond motifs is 1. The summed E-state index contributed by atoms with van der Waals surface area (Å²) in [5.74, 6) is 0.0990. The zero-order valence-corrected chi connectivity index (χ0v) is 20.1. The fourth-order valence-corrected chi connectivity index (χ4v) is 4.80. The summed E-state index contributed by atoms with van der Waals surface area (Å²) in [5, 5.41) is 4.16. The number of carbonyl (C=O) groups excluding carboxylic acids is 2. The van der Waals surface area contributed by atoms with Crippen LogP contribution in [0, 0.1) is 0 Å². The third kappa shape index (κ3) is 4.64. The summed E-state index contributed by atoms with van der Waals surface area (Å²) < 4.78 is 10.3. The average molecular weight is 496 g/mol. The Kier molecular flexibility index (Phi) is 6.90. The van der Waals surface area contributed by atoms with Crippen molar-refractivity contribution in [3.8, 4) is 5.75 Å². The molecule has 1 saturated heterocycles. The number of methoxy groups -OCH3 is 2. The Morgan fingerprint density at radius 2 is 2.00 bits per heavy atom. The first-order valence-corrected chi connectivity index (χ1v) is 11.3. The Hall–Kier alpha value is -3.36. The van der Waals surface area contributed by atoms with Gasteiger partial charge in [0, 0.05) is 17.5 Å². The minimum Gasteiger partial charge on any atom is -0.495 e. The van der Waals surface area contributed by atoms with Gasteiger partial charge in [0.1, 0.15) is 11.3 Å². The normalized spacial score (nSPS) is 21.3. The van der Waals surface area contributed by atoms with Crippen LogP contribution in [0.1, 0.15) is 33.8 Å². The first-order chi connectivity index (χ1) is 16.1. The van der Waals surface area contributed by atoms with Crippen molar-refractivity contribution in [3.63, 3.8) is 0 Å². The van der Waals surface area contributed by atoms with Gasteiger partial charge >= 0.3 is 5.97 Å². The third-order valence-corrected chi connectivity index (χ3v) is 6.59. The van der Waals surface area contributed by atoms with Crippen molar-refractivity contribution in [2.75, 3.05) is 14.2 Å². The van der Waals surface area contributed by atoms with Crippen molar-refractivity contribution in [3.05, 3.63) is 76.3 Å². The summed E-state index contributed by atoms with van der Waals surface area (Å²) in [7, 11) is 2.81. The van der Waals surface area contributed by atoms with Crippen molar-refractivity contribution in [1.29, 1.82) is 0 Å². The lowest BCUT2D eigenvalue weighted by atomic mass is 10.1. The predicted molar refractivity (Wildman–Crippen MR) is 136 cm³/mol. The highest BCUT2D eigenvalue weighted by Gasteiger charge is 2.39. The van der Waals surface area contributed by atoms with Gasteiger partial charge in [0.05, 0.1) is 30.7 Å². The molecule has 2 aromatic carbocycles. The van der Waals surface area contributed by atoms with E-state index in [0.717, 1.165) is 12.0 Å². The van der Waals surface area contributed by atoms with E-state index in [1.54, 1.807) is 6.08 Å². The lowest BCUT2D eigenvalue weighted by molar-refractivity contribution is -0.115. The van der Waals surface area contributed by atoms with Crippen LogP contribution in [-0.2, 0) is 9.53 Å². The lowest BCUT2D eigenvalue weighted by Crippen LogP contribution is -2.20. The molecule has 1 aliphatic heterocycles. The van der Waals surface area contributed by atoms with E-state index in [4.69, 9.17) is 14.5 Å². The Morgan fingerprint density at radius 1 is 1.21 bits per heavy atom. The molecule has 0 unspecified atom stereocenters. The molecule has 0 bridgehead atoms. The van der Waals surface area contributed by atoms with Crippen molar-refractivity contribution in [2.24, 2.45) is 4.99 Å². The molecule has 9 heteroatoms. The highest BCUT2D eigenvalue weighted by atomic mass is 35.5. The van der Waals surface area contributed by atoms with E-state index >= 15 is 0 Å². The number of amidine groups is 1. The largest absolute Gasteiger partial charge is 0.495 e. The number of carbonyl (C=O) groups is 2. The van der Waals surface area contributed by atoms with Crippen LogP contribution in [-0.4, -0.2) is 42.3 Å². The van der Waals surface area contributed by atoms with E-state index < -0.39 is 5.97 Å². The lowest BCUT2D eigenvalue weighted by Gasteiger charge is -2.10. The highest BCUT2D eigenvalue weighted by molar-refractivity contribution is 8.18. The molecule has 1 amide bonds. The van der Waals surface area contributed by atoms with Gasteiger partial charge in [-0.2, -0.15) is 0 Å². The minimum atomic E-state index is -0.523. The van der Waals surface area contributed by atoms with Crippen molar-refractivity contribution in [2.45, 2.75) is 18.4 Å². The van der Waals surface area contributed by atoms with E-state index in [-0.39, 0.29) is 29.9 Å². The number of ether oxygens (including phenoxy) is 2. The van der Waals surface area contributed by atoms with Gasteiger partial charge in [0.25, 0.3) is 5.91 Å². The summed E-state index contributed by atoms with van der Waals surface area (Å²) in [6.45, 7) is 0. The van der Waals surface area contributed by atoms with Crippen LogP contribution in [0.2, 0.25) is 0 Å². The van der Waals surface area contributed by atoms with Gasteiger partial charge in [-0.25, -0.2) is 4.79 Å². The Balaban J connectivity index is 0.00000274. The number of hydrogen-bond donors (Lipinski definition) is 1. The second-order valence-electron chi connectivity index (χ2n) is 7.79. The highest BCUT2D eigenvalue weighted by Crippen LogP contribution is 2.44. The quantitative estimate of drug-likeness (QED) is 0.412. The number of amides is 1. The molecule has 1 saturated carbocycles. The first-order valence-electron chi connectivity index (χ1n) is 10.5. The van der Waals surface area contributed by atoms with Gasteiger partial charge in [-0.05, 0) is 47.5 Å². The third-order valence-electron chi connectivity index (χ3n) is 5.67. The maximum Gasteiger partial charge on any atom is 0.343 e. The number of halogens is 1. The monoisotopic (exact) mass is 495 g/mol. The first kappa shape index (κ1) is 23.8. The Morgan fingerprint density at radius 3 is 2.74 bits per heavy atom. The number of hydrogen-bond acceptors (Lipinski definition) is 7. The molecule has 0 radical (unpaired) electrons. The molecule has 174 valence electrons. The molecular formula is C25H22ClN3O4S. The van der Waals surface area contributed by atoms with Gasteiger partial charge in [0.2, 0.25) is 0 Å². The molecule has 1 aromatic heterocycles. The molecule has 34 heavy (non-hydrogen) atoms. The minimum absolute atomic E-state index is 0. The standard InChI is InChI=1S/C25H21N3O4S.ClH/c1-31-22-17-10-14(8-9-19(17)26-13-18(22)24(30)32-2)11-21-23(29)28-25(33-21)27-20-12-16(20)15-6-4-3-5-7-15;/h3-11,13,16,20H,12H2,1-2H3,(H,27,28,29);1H/b21-11-;/t16-,20+;/m0./s1. The number of aromatic nitrogens is 1. The van der Waals surface area contributed by atoms with Gasteiger partial charge < -0.3 is 14.8 Å². The van der Waals surface area contributed by atoms with Gasteiger partial charge in [-0.15, -0.1) is 12.4 Å². The van der Waals surface area contributed by atoms with Crippen molar-refractivity contribution >= 4 is 58.2 Å². The van der Waals surface area contributed by atoms with Crippen LogP contribution < -0.4 is 10.1 Å². The molecule has 7 nitrogen and oxygen atoms in total. The molecular weight excluding hydrogens is 474 g/mol. The summed E-state index contributed by atoms with van der Waals surface area (Å²) in [5.41, 5.74) is 2.99. The zero-order chi connectivity index (χ0) is 22.9. The molecule has 3 aromatic rings. The summed E-state index contributed by atoms with van der Waals surface area (Å²) in [6, 6.07) is 16.0. The Bertz CT molecular complexity index is 1330. The molecule has 2 atom stereocenters. The van der Waals surface area contributed by atoms with Gasteiger partial charge in [-0.3, -0.25) is 14.8 Å². The maximum absolute atomic E-state index is 12.5. The summed E-state index contributed by atoms with van der Waals surface area (Å²) in [4.78, 5) is 34.2. The molecule has 2 fully saturated rings. The topological polar surface area (TPSA) is 89.9 Å². The second kappa shape index (κ2) is 9.87. The van der Waals surface area contributed by atoms with Gasteiger partial charge in [0.15, 0.2) is 5.17 Å². The number of esters is 1. The number of aliphatic imine (C=N–C) groups is 1. The number of thioether (sulfide) groups is 1. The van der Waals surface area contributed by atoms with Crippen LogP contribution >= 0.6 is 24.2 Å². The predicted octanol–water partition coefficient (Wildman–Crippen LogP) is 4.57. The van der Waals surface area contributed by atoms with Crippen LogP contribution in [0.5, 0.6) is 5.75 Å². The fourth-order valence-electron chi connectivity index (χ4n) is 3.92. The molecule has 5 rings (SSSR count). The van der Waals surface area contributed by atoms with Crippen molar-refractivity contribution < 1.29 is 19.1 Å². The number of nitrogens with one attached hydrogen (secondary N) is 1. The van der Waals surface area contributed by atoms with Crippen LogP contribution in [0.15, 0.2) is 64.6 Å². The van der Waals surface area contributed by atoms with E-state index in [1.807, 2.05) is 36.4 Å². The van der Waals surface area contributed by atoms with Crippen LogP contribution in [0.3, 0.4) is 0 Å². The zero-order valence-electron chi connectivity index (χ0n) is 18.5. The van der Waals surface area contributed by atoms with Crippen LogP contribution in [0.25, 0.3) is 17.0 Å². The SMILES string of the molecule is COC(=O)c1cnc2ccc(/C=C3\SC(=N[C@@H]4C[C@H]4c4ccccc4)NC3=O)cc2c1OC.Cl. The maximum atomic E-state index is 12.5. The smallest absolute Gasteiger partial charge is 0.343 e. The van der Waals surface area contributed by atoms with E-state index in [9.17, 15) is 9.59 Å². The second-order valence-corrected chi connectivity index (χ2v) is 8.82. The van der Waals surface area contributed by atoms with Gasteiger partial charge in [-0.1, -0.05) is 36.4 Å². The van der Waals surface area contributed by atoms with Crippen LogP contribution in [0.4, 0.5) is 0 Å². The molecule has 0 spiro atoms. The Labute approximate surface area is 207 Å². The number of benzene rings is 2. The summed E-state index contributed by atoms with van der Waals surface area (Å²) in [6.07, 6.45) is 4.23. The number of rotatable bonds is 5. The average Bonchev–Trinajstić information content (AvgIpc) is 3.53. The molecule has 2 aliphatic rings. The fraction of sp³-hybridized carbons (Fsp3) is 0.200. The van der Waals surface area contributed by atoms with E-state index in [1.165, 1.54) is 37.7 Å². The number of pyridine rings is 1. The molecule has 1 aliphatic carbocycles.